The molecule has 2 aromatic rings. The predicted molar refractivity (Wildman–Crippen MR) is 69.1 cm³/mol. The van der Waals surface area contributed by atoms with Crippen LogP contribution in [0.3, 0.4) is 0 Å². The second-order valence-electron chi connectivity index (χ2n) is 3.94. The van der Waals surface area contributed by atoms with Crippen LogP contribution in [0.4, 0.5) is 0 Å². The van der Waals surface area contributed by atoms with Crippen molar-refractivity contribution in [3.05, 3.63) is 29.7 Å². The van der Waals surface area contributed by atoms with Gasteiger partial charge in [0.25, 0.3) is 0 Å². The van der Waals surface area contributed by atoms with Crippen LogP contribution in [-0.4, -0.2) is 28.6 Å². The van der Waals surface area contributed by atoms with Gasteiger partial charge in [-0.1, -0.05) is 6.07 Å². The lowest BCUT2D eigenvalue weighted by molar-refractivity contribution is -0.127. The number of nitrogens with zero attached hydrogens (tertiary/aromatic N) is 2. The maximum absolute atomic E-state index is 11.4. The van der Waals surface area contributed by atoms with Gasteiger partial charge in [0.1, 0.15) is 5.52 Å². The van der Waals surface area contributed by atoms with Crippen molar-refractivity contribution < 1.29 is 9.21 Å². The maximum atomic E-state index is 11.4. The molecule has 5 heteroatoms. The molecule has 2 rings (SSSR count). The van der Waals surface area contributed by atoms with Gasteiger partial charge in [0.2, 0.25) is 5.91 Å². The summed E-state index contributed by atoms with van der Waals surface area (Å²) in [5, 5.41) is 0. The normalized spacial score (nSPS) is 10.8. The van der Waals surface area contributed by atoms with Gasteiger partial charge in [-0.25, -0.2) is 4.98 Å². The number of hydrogen-bond acceptors (Lipinski definition) is 4. The fourth-order valence-electron chi connectivity index (χ4n) is 1.67. The molecule has 90 valence electrons. The molecule has 0 fully saturated rings. The molecule has 0 unspecified atom stereocenters. The van der Waals surface area contributed by atoms with Gasteiger partial charge in [-0.3, -0.25) is 4.79 Å². The van der Waals surface area contributed by atoms with Crippen LogP contribution < -0.4 is 0 Å². The standard InChI is InChI=1S/C12H14N2O2S/c1-8-13-10-4-3-9(5-11(10)16-8)6-14(2)12(15)7-17/h3-5,17H,6-7H2,1-2H3. The van der Waals surface area contributed by atoms with Gasteiger partial charge in [0.05, 0.1) is 5.75 Å². The van der Waals surface area contributed by atoms with E-state index in [4.69, 9.17) is 4.42 Å². The lowest BCUT2D eigenvalue weighted by Crippen LogP contribution is -2.27. The number of rotatable bonds is 3. The van der Waals surface area contributed by atoms with E-state index in [1.54, 1.807) is 11.9 Å². The minimum Gasteiger partial charge on any atom is -0.441 e. The van der Waals surface area contributed by atoms with Gasteiger partial charge in [0.15, 0.2) is 11.5 Å². The summed E-state index contributed by atoms with van der Waals surface area (Å²) < 4.78 is 5.45. The van der Waals surface area contributed by atoms with E-state index in [0.717, 1.165) is 16.7 Å². The highest BCUT2D eigenvalue weighted by molar-refractivity contribution is 7.81. The number of fused-ring (bicyclic) bond motifs is 1. The number of hydrogen-bond donors (Lipinski definition) is 1. The first-order valence-electron chi connectivity index (χ1n) is 5.31. The number of amides is 1. The van der Waals surface area contributed by atoms with E-state index in [1.165, 1.54) is 0 Å². The minimum absolute atomic E-state index is 0.00202. The van der Waals surface area contributed by atoms with Crippen molar-refractivity contribution in [1.29, 1.82) is 0 Å². The lowest BCUT2D eigenvalue weighted by atomic mass is 10.2. The lowest BCUT2D eigenvalue weighted by Gasteiger charge is -2.15. The third-order valence-corrected chi connectivity index (χ3v) is 2.81. The van der Waals surface area contributed by atoms with Crippen molar-refractivity contribution in [3.63, 3.8) is 0 Å². The number of carbonyl (C=O) groups excluding carboxylic acids is 1. The number of oxazole rings is 1. The third-order valence-electron chi connectivity index (χ3n) is 2.54. The molecule has 0 saturated heterocycles. The number of thiol groups is 1. The van der Waals surface area contributed by atoms with E-state index >= 15 is 0 Å². The smallest absolute Gasteiger partial charge is 0.232 e. The molecule has 1 amide bonds. The zero-order valence-electron chi connectivity index (χ0n) is 9.80. The average molecular weight is 250 g/mol. The van der Waals surface area contributed by atoms with Crippen LogP contribution in [0.1, 0.15) is 11.5 Å². The molecule has 0 aliphatic rings. The van der Waals surface area contributed by atoms with E-state index in [9.17, 15) is 4.79 Å². The Kier molecular flexibility index (Phi) is 3.38. The molecule has 0 spiro atoms. The number of aryl methyl sites for hydroxylation is 1. The molecule has 0 atom stereocenters. The van der Waals surface area contributed by atoms with Gasteiger partial charge in [-0.2, -0.15) is 12.6 Å². The number of carbonyl (C=O) groups is 1. The highest BCUT2D eigenvalue weighted by Crippen LogP contribution is 2.17. The summed E-state index contributed by atoms with van der Waals surface area (Å²) in [6.45, 7) is 2.37. The zero-order valence-corrected chi connectivity index (χ0v) is 10.7. The van der Waals surface area contributed by atoms with Gasteiger partial charge >= 0.3 is 0 Å². The Morgan fingerprint density at radius 3 is 3.00 bits per heavy atom. The fraction of sp³-hybridized carbons (Fsp3) is 0.333. The Morgan fingerprint density at radius 2 is 2.29 bits per heavy atom. The summed E-state index contributed by atoms with van der Waals surface area (Å²) in [5.41, 5.74) is 2.62. The number of aromatic nitrogens is 1. The summed E-state index contributed by atoms with van der Waals surface area (Å²) >= 11 is 3.96. The SMILES string of the molecule is Cc1nc2ccc(CN(C)C(=O)CS)cc2o1. The first-order chi connectivity index (χ1) is 8.10. The van der Waals surface area contributed by atoms with Crippen molar-refractivity contribution in [2.75, 3.05) is 12.8 Å². The van der Waals surface area contributed by atoms with Crippen molar-refractivity contribution in [2.45, 2.75) is 13.5 Å². The summed E-state index contributed by atoms with van der Waals surface area (Å²) in [6, 6.07) is 5.77. The minimum atomic E-state index is 0.00202. The van der Waals surface area contributed by atoms with Crippen LogP contribution in [0, 0.1) is 6.92 Å². The van der Waals surface area contributed by atoms with E-state index in [0.29, 0.717) is 12.4 Å². The molecule has 1 aromatic heterocycles. The van der Waals surface area contributed by atoms with Crippen molar-refractivity contribution >= 4 is 29.6 Å². The summed E-state index contributed by atoms with van der Waals surface area (Å²) in [5.74, 6) is 0.874. The van der Waals surface area contributed by atoms with Crippen molar-refractivity contribution in [3.8, 4) is 0 Å². The van der Waals surface area contributed by atoms with Crippen LogP contribution in [0.25, 0.3) is 11.1 Å². The van der Waals surface area contributed by atoms with Crippen molar-refractivity contribution in [2.24, 2.45) is 0 Å². The van der Waals surface area contributed by atoms with E-state index in [1.807, 2.05) is 25.1 Å². The second kappa shape index (κ2) is 4.79. The highest BCUT2D eigenvalue weighted by atomic mass is 32.1. The molecule has 1 heterocycles. The average Bonchev–Trinajstić information content (AvgIpc) is 2.67. The molecule has 17 heavy (non-hydrogen) atoms. The Labute approximate surface area is 105 Å². The van der Waals surface area contributed by atoms with Crippen LogP contribution in [-0.2, 0) is 11.3 Å². The molecule has 0 saturated carbocycles. The predicted octanol–water partition coefficient (Wildman–Crippen LogP) is 2.02. The summed E-state index contributed by atoms with van der Waals surface area (Å²) in [4.78, 5) is 17.3. The fourth-order valence-corrected chi connectivity index (χ4v) is 1.91. The maximum Gasteiger partial charge on any atom is 0.232 e. The molecule has 0 radical (unpaired) electrons. The Morgan fingerprint density at radius 1 is 1.53 bits per heavy atom. The second-order valence-corrected chi connectivity index (χ2v) is 4.26. The Hall–Kier alpha value is -1.49. The molecule has 4 nitrogen and oxygen atoms in total. The number of benzene rings is 1. The van der Waals surface area contributed by atoms with E-state index in [2.05, 4.69) is 17.6 Å². The first-order valence-corrected chi connectivity index (χ1v) is 5.94. The van der Waals surface area contributed by atoms with Gasteiger partial charge in [-0.05, 0) is 17.7 Å². The molecule has 0 aliphatic carbocycles. The molecule has 1 aromatic carbocycles. The van der Waals surface area contributed by atoms with Crippen LogP contribution in [0.15, 0.2) is 22.6 Å². The van der Waals surface area contributed by atoms with Gasteiger partial charge < -0.3 is 9.32 Å². The summed E-state index contributed by atoms with van der Waals surface area (Å²) in [6.07, 6.45) is 0. The van der Waals surface area contributed by atoms with E-state index < -0.39 is 0 Å². The quantitative estimate of drug-likeness (QED) is 0.848. The largest absolute Gasteiger partial charge is 0.441 e. The van der Waals surface area contributed by atoms with Crippen LogP contribution >= 0.6 is 12.6 Å². The Bertz CT molecular complexity index is 550. The topological polar surface area (TPSA) is 46.3 Å². The van der Waals surface area contributed by atoms with Crippen molar-refractivity contribution in [1.82, 2.24) is 9.88 Å². The first kappa shape index (κ1) is 12.0. The molecular weight excluding hydrogens is 236 g/mol. The monoisotopic (exact) mass is 250 g/mol. The summed E-state index contributed by atoms with van der Waals surface area (Å²) in [7, 11) is 1.76. The zero-order chi connectivity index (χ0) is 12.4. The van der Waals surface area contributed by atoms with Crippen LogP contribution in [0.5, 0.6) is 0 Å². The third kappa shape index (κ3) is 2.61. The molecule has 0 aliphatic heterocycles. The van der Waals surface area contributed by atoms with Gasteiger partial charge in [0, 0.05) is 20.5 Å². The molecule has 0 bridgehead atoms. The van der Waals surface area contributed by atoms with E-state index in [-0.39, 0.29) is 11.7 Å². The molecular formula is C12H14N2O2S. The Balaban J connectivity index is 2.21. The molecule has 0 N–H and O–H groups in total. The highest BCUT2D eigenvalue weighted by Gasteiger charge is 2.08. The van der Waals surface area contributed by atoms with Gasteiger partial charge in [-0.15, -0.1) is 0 Å². The van der Waals surface area contributed by atoms with Crippen LogP contribution in [0.2, 0.25) is 0 Å².